The number of hydrogen-bond acceptors (Lipinski definition) is 6. The molecule has 3 heterocycles. The van der Waals surface area contributed by atoms with E-state index in [9.17, 15) is 4.79 Å². The molecule has 0 saturated carbocycles. The van der Waals surface area contributed by atoms with Crippen molar-refractivity contribution in [2.45, 2.75) is 57.7 Å². The van der Waals surface area contributed by atoms with Crippen molar-refractivity contribution in [1.82, 2.24) is 4.98 Å². The van der Waals surface area contributed by atoms with E-state index in [1.165, 1.54) is 5.56 Å². The second kappa shape index (κ2) is 10.3. The lowest BCUT2D eigenvalue weighted by Crippen LogP contribution is -2.39. The molecule has 2 aliphatic rings. The maximum absolute atomic E-state index is 11.4. The number of hydrogen-bond donors (Lipinski definition) is 0. The van der Waals surface area contributed by atoms with Crippen molar-refractivity contribution in [3.8, 4) is 5.75 Å². The van der Waals surface area contributed by atoms with Crippen molar-refractivity contribution in [2.24, 2.45) is 0 Å². The molecule has 0 aliphatic carbocycles. The Morgan fingerprint density at radius 2 is 1.72 bits per heavy atom. The Balaban J connectivity index is 1.34. The summed E-state index contributed by atoms with van der Waals surface area (Å²) in [5, 5.41) is 0. The molecule has 2 aliphatic heterocycles. The van der Waals surface area contributed by atoms with E-state index >= 15 is 0 Å². The molecule has 3 atom stereocenters. The van der Waals surface area contributed by atoms with E-state index < -0.39 is 0 Å². The zero-order valence-corrected chi connectivity index (χ0v) is 19.5. The maximum Gasteiger partial charge on any atom is 0.131 e. The van der Waals surface area contributed by atoms with Crippen LogP contribution in [0.5, 0.6) is 5.75 Å². The number of nitrogens with zero attached hydrogens (tertiary/aromatic N) is 3. The van der Waals surface area contributed by atoms with Crippen LogP contribution in [0.1, 0.15) is 51.0 Å². The summed E-state index contributed by atoms with van der Waals surface area (Å²) < 4.78 is 11.8. The van der Waals surface area contributed by atoms with Crippen LogP contribution in [0, 0.1) is 0 Å². The number of rotatable bonds is 8. The van der Waals surface area contributed by atoms with Crippen LogP contribution >= 0.6 is 0 Å². The van der Waals surface area contributed by atoms with Crippen LogP contribution in [0.2, 0.25) is 0 Å². The smallest absolute Gasteiger partial charge is 0.131 e. The Bertz CT molecular complexity index is 901. The SMILES string of the molecule is COC1CCCN(c2cccc(N3CC[C@@H](Oc4ccc([C@H](C)CC(C)=O)cc4)C3)n2)C1. The topological polar surface area (TPSA) is 54.9 Å². The largest absolute Gasteiger partial charge is 0.489 e. The van der Waals surface area contributed by atoms with Gasteiger partial charge in [0.2, 0.25) is 0 Å². The second-order valence-electron chi connectivity index (χ2n) is 9.15. The number of Topliss-reactive ketones (excluding diaryl/α,β-unsaturated/α-hetero) is 1. The number of ketones is 1. The Morgan fingerprint density at radius 1 is 1.03 bits per heavy atom. The molecule has 0 spiro atoms. The van der Waals surface area contributed by atoms with Crippen molar-refractivity contribution in [3.05, 3.63) is 48.0 Å². The standard InChI is InChI=1S/C26H35N3O3/c1-19(16-20(2)30)21-9-11-22(12-10-21)32-24-13-15-29(18-24)26-8-4-7-25(27-26)28-14-5-6-23(17-28)31-3/h4,7-12,19,23-24H,5-6,13-18H2,1-3H3/t19-,23?,24-/m1/s1. The quantitative estimate of drug-likeness (QED) is 0.609. The summed E-state index contributed by atoms with van der Waals surface area (Å²) in [6.07, 6.45) is 4.24. The first kappa shape index (κ1) is 22.6. The van der Waals surface area contributed by atoms with Gasteiger partial charge in [-0.2, -0.15) is 0 Å². The fraction of sp³-hybridized carbons (Fsp3) is 0.538. The van der Waals surface area contributed by atoms with Crippen LogP contribution in [0.15, 0.2) is 42.5 Å². The second-order valence-corrected chi connectivity index (χ2v) is 9.15. The lowest BCUT2D eigenvalue weighted by molar-refractivity contribution is -0.117. The van der Waals surface area contributed by atoms with Gasteiger partial charge in [0, 0.05) is 39.6 Å². The normalized spacial score (nSPS) is 22.1. The molecule has 1 unspecified atom stereocenters. The first-order valence-corrected chi connectivity index (χ1v) is 11.8. The highest BCUT2D eigenvalue weighted by Crippen LogP contribution is 2.27. The number of carbonyl (C=O) groups excluding carboxylic acids is 1. The lowest BCUT2D eigenvalue weighted by atomic mass is 9.96. The van der Waals surface area contributed by atoms with E-state index in [4.69, 9.17) is 14.5 Å². The third-order valence-corrected chi connectivity index (χ3v) is 6.57. The zero-order chi connectivity index (χ0) is 22.5. The molecule has 4 rings (SSSR count). The van der Waals surface area contributed by atoms with Crippen LogP contribution in [-0.4, -0.2) is 56.3 Å². The van der Waals surface area contributed by atoms with Crippen LogP contribution < -0.4 is 14.5 Å². The molecule has 0 bridgehead atoms. The predicted molar refractivity (Wildman–Crippen MR) is 128 cm³/mol. The third-order valence-electron chi connectivity index (χ3n) is 6.57. The number of aromatic nitrogens is 1. The number of carbonyl (C=O) groups is 1. The predicted octanol–water partition coefficient (Wildman–Crippen LogP) is 4.44. The summed E-state index contributed by atoms with van der Waals surface area (Å²) in [5.74, 6) is 3.39. The van der Waals surface area contributed by atoms with Crippen LogP contribution in [0.4, 0.5) is 11.6 Å². The molecule has 6 nitrogen and oxygen atoms in total. The summed E-state index contributed by atoms with van der Waals surface area (Å²) >= 11 is 0. The van der Waals surface area contributed by atoms with Gasteiger partial charge in [-0.1, -0.05) is 25.1 Å². The molecule has 6 heteroatoms. The van der Waals surface area contributed by atoms with Gasteiger partial charge in [0.15, 0.2) is 0 Å². The average Bonchev–Trinajstić information content (AvgIpc) is 3.28. The van der Waals surface area contributed by atoms with Gasteiger partial charge in [-0.05, 0) is 55.5 Å². The van der Waals surface area contributed by atoms with Crippen LogP contribution in [-0.2, 0) is 9.53 Å². The molecule has 2 aromatic rings. The van der Waals surface area contributed by atoms with Gasteiger partial charge < -0.3 is 24.1 Å². The van der Waals surface area contributed by atoms with Gasteiger partial charge in [-0.25, -0.2) is 4.98 Å². The Morgan fingerprint density at radius 3 is 2.41 bits per heavy atom. The number of anilines is 2. The monoisotopic (exact) mass is 437 g/mol. The Hall–Kier alpha value is -2.60. The van der Waals surface area contributed by atoms with E-state index in [1.807, 2.05) is 12.1 Å². The Labute approximate surface area is 191 Å². The van der Waals surface area contributed by atoms with Gasteiger partial charge in [-0.3, -0.25) is 0 Å². The molecule has 1 aromatic heterocycles. The summed E-state index contributed by atoms with van der Waals surface area (Å²) in [6.45, 7) is 7.44. The molecule has 0 amide bonds. The molecule has 1 aromatic carbocycles. The average molecular weight is 438 g/mol. The minimum absolute atomic E-state index is 0.147. The molecule has 0 N–H and O–H groups in total. The molecular formula is C26H35N3O3. The number of ether oxygens (including phenoxy) is 2. The fourth-order valence-corrected chi connectivity index (χ4v) is 4.75. The van der Waals surface area contributed by atoms with Crippen molar-refractivity contribution >= 4 is 17.4 Å². The van der Waals surface area contributed by atoms with E-state index in [1.54, 1.807) is 14.0 Å². The van der Waals surface area contributed by atoms with Gasteiger partial charge in [0.25, 0.3) is 0 Å². The van der Waals surface area contributed by atoms with Crippen molar-refractivity contribution in [1.29, 1.82) is 0 Å². The summed E-state index contributed by atoms with van der Waals surface area (Å²) in [6, 6.07) is 14.5. The summed E-state index contributed by atoms with van der Waals surface area (Å²) in [4.78, 5) is 21.0. The Kier molecular flexibility index (Phi) is 7.30. The van der Waals surface area contributed by atoms with E-state index in [-0.39, 0.29) is 23.9 Å². The molecular weight excluding hydrogens is 402 g/mol. The fourth-order valence-electron chi connectivity index (χ4n) is 4.75. The molecule has 2 fully saturated rings. The van der Waals surface area contributed by atoms with E-state index in [0.29, 0.717) is 6.42 Å². The number of pyridine rings is 1. The molecule has 172 valence electrons. The minimum Gasteiger partial charge on any atom is -0.489 e. The van der Waals surface area contributed by atoms with Gasteiger partial charge in [-0.15, -0.1) is 0 Å². The first-order valence-electron chi connectivity index (χ1n) is 11.8. The van der Waals surface area contributed by atoms with Gasteiger partial charge >= 0.3 is 0 Å². The molecule has 32 heavy (non-hydrogen) atoms. The molecule has 2 saturated heterocycles. The highest BCUT2D eigenvalue weighted by Gasteiger charge is 2.26. The number of methoxy groups -OCH3 is 1. The third kappa shape index (κ3) is 5.60. The summed E-state index contributed by atoms with van der Waals surface area (Å²) in [5.41, 5.74) is 1.18. The van der Waals surface area contributed by atoms with Crippen molar-refractivity contribution < 1.29 is 14.3 Å². The summed E-state index contributed by atoms with van der Waals surface area (Å²) in [7, 11) is 1.79. The van der Waals surface area contributed by atoms with Crippen LogP contribution in [0.25, 0.3) is 0 Å². The van der Waals surface area contributed by atoms with E-state index in [2.05, 4.69) is 47.1 Å². The minimum atomic E-state index is 0.147. The van der Waals surface area contributed by atoms with Crippen molar-refractivity contribution in [3.63, 3.8) is 0 Å². The van der Waals surface area contributed by atoms with E-state index in [0.717, 1.165) is 62.8 Å². The highest BCUT2D eigenvalue weighted by molar-refractivity contribution is 5.76. The highest BCUT2D eigenvalue weighted by atomic mass is 16.5. The first-order chi connectivity index (χ1) is 15.5. The number of benzene rings is 1. The maximum atomic E-state index is 11.4. The zero-order valence-electron chi connectivity index (χ0n) is 19.5. The number of piperidine rings is 1. The van der Waals surface area contributed by atoms with Gasteiger partial charge in [0.05, 0.1) is 12.6 Å². The van der Waals surface area contributed by atoms with Crippen molar-refractivity contribution in [2.75, 3.05) is 43.1 Å². The van der Waals surface area contributed by atoms with Gasteiger partial charge in [0.1, 0.15) is 29.3 Å². The van der Waals surface area contributed by atoms with Crippen LogP contribution in [0.3, 0.4) is 0 Å². The molecule has 0 radical (unpaired) electrons. The lowest BCUT2D eigenvalue weighted by Gasteiger charge is -2.33.